The van der Waals surface area contributed by atoms with Gasteiger partial charge in [0, 0.05) is 10.7 Å². The van der Waals surface area contributed by atoms with Gasteiger partial charge in [0.05, 0.1) is 11.3 Å². The van der Waals surface area contributed by atoms with Crippen LogP contribution in [0.1, 0.15) is 11.3 Å². The first-order valence-corrected chi connectivity index (χ1v) is 5.58. The van der Waals surface area contributed by atoms with Crippen LogP contribution in [0.3, 0.4) is 0 Å². The highest BCUT2D eigenvalue weighted by molar-refractivity contribution is 6.30. The molecular formula is C13H9ClFN3. The molecule has 1 N–H and O–H groups in total. The van der Waals surface area contributed by atoms with Gasteiger partial charge in [-0.15, -0.1) is 0 Å². The fraction of sp³-hybridized carbons (Fsp3) is 0.0769. The molecule has 0 saturated heterocycles. The van der Waals surface area contributed by atoms with Gasteiger partial charge in [-0.2, -0.15) is 5.26 Å². The van der Waals surface area contributed by atoms with Crippen LogP contribution in [0, 0.1) is 24.1 Å². The third-order valence-corrected chi connectivity index (χ3v) is 2.57. The van der Waals surface area contributed by atoms with Crippen LogP contribution in [0.25, 0.3) is 0 Å². The molecule has 0 bridgehead atoms. The van der Waals surface area contributed by atoms with E-state index >= 15 is 0 Å². The topological polar surface area (TPSA) is 48.7 Å². The van der Waals surface area contributed by atoms with E-state index in [0.717, 1.165) is 5.69 Å². The minimum Gasteiger partial charge on any atom is -0.337 e. The molecule has 18 heavy (non-hydrogen) atoms. The molecule has 3 nitrogen and oxygen atoms in total. The molecule has 0 spiro atoms. The van der Waals surface area contributed by atoms with E-state index in [-0.39, 0.29) is 5.69 Å². The minimum atomic E-state index is -0.452. The van der Waals surface area contributed by atoms with E-state index in [1.807, 2.05) is 6.07 Å². The number of aromatic nitrogens is 1. The Morgan fingerprint density at radius 2 is 2.11 bits per heavy atom. The van der Waals surface area contributed by atoms with Crippen LogP contribution < -0.4 is 5.32 Å². The summed E-state index contributed by atoms with van der Waals surface area (Å²) in [5.41, 5.74) is 1.27. The summed E-state index contributed by atoms with van der Waals surface area (Å²) in [6, 6.07) is 9.51. The maximum atomic E-state index is 13.6. The highest BCUT2D eigenvalue weighted by Gasteiger charge is 2.08. The number of anilines is 2. The first kappa shape index (κ1) is 12.3. The Hall–Kier alpha value is -2.12. The van der Waals surface area contributed by atoms with Gasteiger partial charge in [-0.05, 0) is 37.3 Å². The Balaban J connectivity index is 2.43. The zero-order chi connectivity index (χ0) is 13.1. The number of benzene rings is 1. The zero-order valence-electron chi connectivity index (χ0n) is 9.54. The van der Waals surface area contributed by atoms with Crippen LogP contribution in [0.2, 0.25) is 5.02 Å². The van der Waals surface area contributed by atoms with Crippen LogP contribution in [-0.4, -0.2) is 4.98 Å². The van der Waals surface area contributed by atoms with Crippen molar-refractivity contribution >= 4 is 23.1 Å². The lowest BCUT2D eigenvalue weighted by molar-refractivity contribution is 0.632. The van der Waals surface area contributed by atoms with Crippen molar-refractivity contribution in [2.75, 3.05) is 5.32 Å². The number of rotatable bonds is 2. The van der Waals surface area contributed by atoms with Gasteiger partial charge in [0.1, 0.15) is 17.7 Å². The quantitative estimate of drug-likeness (QED) is 0.895. The number of nitrogens with zero attached hydrogens (tertiary/aromatic N) is 2. The molecular weight excluding hydrogens is 253 g/mol. The summed E-state index contributed by atoms with van der Waals surface area (Å²) in [5.74, 6) is -0.134. The van der Waals surface area contributed by atoms with Crippen molar-refractivity contribution in [3.05, 3.63) is 52.4 Å². The average Bonchev–Trinajstić information content (AvgIpc) is 2.34. The molecule has 0 fully saturated rings. The fourth-order valence-corrected chi connectivity index (χ4v) is 1.64. The van der Waals surface area contributed by atoms with E-state index < -0.39 is 5.82 Å². The van der Waals surface area contributed by atoms with Crippen molar-refractivity contribution in [1.82, 2.24) is 4.98 Å². The molecule has 1 aromatic heterocycles. The van der Waals surface area contributed by atoms with Crippen molar-refractivity contribution < 1.29 is 4.39 Å². The molecule has 0 unspecified atom stereocenters. The van der Waals surface area contributed by atoms with Crippen LogP contribution in [0.4, 0.5) is 15.9 Å². The first-order chi connectivity index (χ1) is 8.60. The molecule has 2 aromatic rings. The van der Waals surface area contributed by atoms with Gasteiger partial charge in [-0.25, -0.2) is 9.37 Å². The van der Waals surface area contributed by atoms with E-state index in [1.54, 1.807) is 19.1 Å². The van der Waals surface area contributed by atoms with Crippen LogP contribution in [0.5, 0.6) is 0 Å². The number of hydrogen-bond donors (Lipinski definition) is 1. The lowest BCUT2D eigenvalue weighted by Gasteiger charge is -2.09. The van der Waals surface area contributed by atoms with Crippen molar-refractivity contribution in [3.63, 3.8) is 0 Å². The van der Waals surface area contributed by atoms with Gasteiger partial charge < -0.3 is 5.32 Å². The standard InChI is InChI=1S/C13H9ClFN3/c1-8-2-3-9(7-16)13(17-8)18-12-6-10(14)4-5-11(12)15/h2-6H,1H3,(H,17,18). The Labute approximate surface area is 109 Å². The van der Waals surface area contributed by atoms with E-state index in [0.29, 0.717) is 16.4 Å². The van der Waals surface area contributed by atoms with Crippen molar-refractivity contribution in [3.8, 4) is 6.07 Å². The number of halogens is 2. The van der Waals surface area contributed by atoms with Crippen molar-refractivity contribution in [2.45, 2.75) is 6.92 Å². The number of nitrogens with one attached hydrogen (secondary N) is 1. The molecule has 1 heterocycles. The lowest BCUT2D eigenvalue weighted by Crippen LogP contribution is -2.00. The highest BCUT2D eigenvalue weighted by Crippen LogP contribution is 2.24. The number of nitriles is 1. The molecule has 1 aromatic carbocycles. The van der Waals surface area contributed by atoms with Crippen molar-refractivity contribution in [2.24, 2.45) is 0 Å². The fourth-order valence-electron chi connectivity index (χ4n) is 1.46. The first-order valence-electron chi connectivity index (χ1n) is 5.20. The molecule has 2 rings (SSSR count). The van der Waals surface area contributed by atoms with E-state index in [4.69, 9.17) is 16.9 Å². The molecule has 0 aliphatic rings. The molecule has 0 aliphatic heterocycles. The molecule has 5 heteroatoms. The molecule has 0 saturated carbocycles. The van der Waals surface area contributed by atoms with Crippen LogP contribution in [0.15, 0.2) is 30.3 Å². The second kappa shape index (κ2) is 5.03. The Kier molecular flexibility index (Phi) is 3.45. The minimum absolute atomic E-state index is 0.192. The normalized spacial score (nSPS) is 9.89. The Morgan fingerprint density at radius 3 is 2.83 bits per heavy atom. The lowest BCUT2D eigenvalue weighted by atomic mass is 10.2. The van der Waals surface area contributed by atoms with Crippen molar-refractivity contribution in [1.29, 1.82) is 5.26 Å². The molecule has 0 radical (unpaired) electrons. The van der Waals surface area contributed by atoms with Gasteiger partial charge in [-0.1, -0.05) is 11.6 Å². The summed E-state index contributed by atoms with van der Waals surface area (Å²) in [5, 5.41) is 12.1. The SMILES string of the molecule is Cc1ccc(C#N)c(Nc2cc(Cl)ccc2F)n1. The number of aryl methyl sites for hydroxylation is 1. The van der Waals surface area contributed by atoms with Gasteiger partial charge in [0.25, 0.3) is 0 Å². The van der Waals surface area contributed by atoms with Crippen LogP contribution in [-0.2, 0) is 0 Å². The second-order valence-electron chi connectivity index (χ2n) is 3.71. The largest absolute Gasteiger partial charge is 0.337 e. The zero-order valence-corrected chi connectivity index (χ0v) is 10.3. The maximum Gasteiger partial charge on any atom is 0.148 e. The predicted octanol–water partition coefficient (Wildman–Crippen LogP) is 3.80. The number of hydrogen-bond acceptors (Lipinski definition) is 3. The second-order valence-corrected chi connectivity index (χ2v) is 4.15. The molecule has 0 aliphatic carbocycles. The molecule has 90 valence electrons. The molecule has 0 atom stereocenters. The summed E-state index contributed by atoms with van der Waals surface area (Å²) in [6.45, 7) is 1.79. The average molecular weight is 262 g/mol. The van der Waals surface area contributed by atoms with Gasteiger partial charge >= 0.3 is 0 Å². The summed E-state index contributed by atoms with van der Waals surface area (Å²) in [4.78, 5) is 4.17. The Morgan fingerprint density at radius 1 is 1.33 bits per heavy atom. The van der Waals surface area contributed by atoms with E-state index in [2.05, 4.69) is 10.3 Å². The third kappa shape index (κ3) is 2.58. The van der Waals surface area contributed by atoms with Gasteiger partial charge in [0.2, 0.25) is 0 Å². The summed E-state index contributed by atoms with van der Waals surface area (Å²) < 4.78 is 13.6. The Bertz CT molecular complexity index is 635. The smallest absolute Gasteiger partial charge is 0.148 e. The van der Waals surface area contributed by atoms with Crippen LogP contribution >= 0.6 is 11.6 Å². The monoisotopic (exact) mass is 261 g/mol. The predicted molar refractivity (Wildman–Crippen MR) is 68.4 cm³/mol. The maximum absolute atomic E-state index is 13.6. The van der Waals surface area contributed by atoms with E-state index in [1.165, 1.54) is 18.2 Å². The molecule has 0 amide bonds. The van der Waals surface area contributed by atoms with E-state index in [9.17, 15) is 4.39 Å². The summed E-state index contributed by atoms with van der Waals surface area (Å²) in [7, 11) is 0. The van der Waals surface area contributed by atoms with Gasteiger partial charge in [-0.3, -0.25) is 0 Å². The third-order valence-electron chi connectivity index (χ3n) is 2.34. The number of pyridine rings is 1. The summed E-state index contributed by atoms with van der Waals surface area (Å²) >= 11 is 5.80. The van der Waals surface area contributed by atoms with Gasteiger partial charge in [0.15, 0.2) is 0 Å². The highest BCUT2D eigenvalue weighted by atomic mass is 35.5. The summed E-state index contributed by atoms with van der Waals surface area (Å²) in [6.07, 6.45) is 0.